The fourth-order valence-corrected chi connectivity index (χ4v) is 5.04. The summed E-state index contributed by atoms with van der Waals surface area (Å²) >= 11 is 0. The van der Waals surface area contributed by atoms with Gasteiger partial charge in [0.1, 0.15) is 5.82 Å². The van der Waals surface area contributed by atoms with Gasteiger partial charge in [-0.25, -0.2) is 12.8 Å². The van der Waals surface area contributed by atoms with E-state index in [4.69, 9.17) is 10.5 Å². The zero-order valence-corrected chi connectivity index (χ0v) is 19.2. The smallest absolute Gasteiger partial charge is 0.243 e. The highest BCUT2D eigenvalue weighted by atomic mass is 32.2. The summed E-state index contributed by atoms with van der Waals surface area (Å²) < 4.78 is 41.2. The Morgan fingerprint density at radius 3 is 1.57 bits per heavy atom. The first kappa shape index (κ1) is 23.8. The van der Waals surface area contributed by atoms with E-state index in [0.717, 1.165) is 12.1 Å². The van der Waals surface area contributed by atoms with Gasteiger partial charge in [0.05, 0.1) is 28.2 Å². The quantitative estimate of drug-likeness (QED) is 0.515. The van der Waals surface area contributed by atoms with Crippen molar-refractivity contribution in [3.63, 3.8) is 0 Å². The van der Waals surface area contributed by atoms with Crippen molar-refractivity contribution in [2.24, 2.45) is 0 Å². The van der Waals surface area contributed by atoms with Gasteiger partial charge in [0.25, 0.3) is 0 Å². The zero-order valence-electron chi connectivity index (χ0n) is 18.3. The Labute approximate surface area is 202 Å². The molecule has 0 amide bonds. The highest BCUT2D eigenvalue weighted by molar-refractivity contribution is 7.89. The fourth-order valence-electron chi connectivity index (χ4n) is 3.64. The molecule has 4 rings (SSSR count). The number of hydrogen-bond acceptors (Lipinski definition) is 5. The molecule has 35 heavy (non-hydrogen) atoms. The number of ketones is 1. The molecule has 8 heteroatoms. The maximum atomic E-state index is 13.4. The summed E-state index contributed by atoms with van der Waals surface area (Å²) in [5.74, 6) is -0.857. The van der Waals surface area contributed by atoms with Crippen molar-refractivity contribution in [2.45, 2.75) is 4.90 Å². The molecule has 1 aliphatic heterocycles. The van der Waals surface area contributed by atoms with Gasteiger partial charge in [0.2, 0.25) is 10.0 Å². The summed E-state index contributed by atoms with van der Waals surface area (Å²) in [6.07, 6.45) is 3.20. The Bertz CT molecular complexity index is 1450. The molecule has 0 aliphatic carbocycles. The van der Waals surface area contributed by atoms with Crippen LogP contribution in [0.15, 0.2) is 88.8 Å². The maximum absolute atomic E-state index is 13.4. The van der Waals surface area contributed by atoms with E-state index in [2.05, 4.69) is 0 Å². The number of carbonyl (C=O) groups is 1. The van der Waals surface area contributed by atoms with E-state index in [1.807, 2.05) is 12.1 Å². The molecule has 0 unspecified atom stereocenters. The van der Waals surface area contributed by atoms with Crippen molar-refractivity contribution in [3.8, 4) is 12.1 Å². The third kappa shape index (κ3) is 5.25. The number of nitriles is 2. The number of rotatable bonds is 4. The monoisotopic (exact) mass is 483 g/mol. The molecular weight excluding hydrogens is 465 g/mol. The molecule has 1 heterocycles. The van der Waals surface area contributed by atoms with Crippen molar-refractivity contribution in [2.75, 3.05) is 13.1 Å². The summed E-state index contributed by atoms with van der Waals surface area (Å²) in [4.78, 5) is 13.2. The molecule has 1 saturated heterocycles. The van der Waals surface area contributed by atoms with Gasteiger partial charge in [-0.15, -0.1) is 0 Å². The van der Waals surface area contributed by atoms with Crippen molar-refractivity contribution < 1.29 is 17.6 Å². The van der Waals surface area contributed by atoms with Crippen LogP contribution in [-0.2, 0) is 14.8 Å². The van der Waals surface area contributed by atoms with Crippen molar-refractivity contribution in [3.05, 3.63) is 112 Å². The van der Waals surface area contributed by atoms with Crippen LogP contribution in [0.4, 0.5) is 4.39 Å². The maximum Gasteiger partial charge on any atom is 0.243 e. The molecule has 0 atom stereocenters. The van der Waals surface area contributed by atoms with E-state index in [1.165, 1.54) is 16.4 Å². The average Bonchev–Trinajstić information content (AvgIpc) is 2.87. The van der Waals surface area contributed by atoms with Gasteiger partial charge in [0.15, 0.2) is 5.78 Å². The number of piperidine rings is 1. The van der Waals surface area contributed by atoms with Crippen LogP contribution in [-0.4, -0.2) is 31.6 Å². The van der Waals surface area contributed by atoms with Gasteiger partial charge in [-0.05, 0) is 71.8 Å². The zero-order chi connectivity index (χ0) is 25.0. The Balaban J connectivity index is 1.77. The molecule has 3 aromatic rings. The van der Waals surface area contributed by atoms with E-state index >= 15 is 0 Å². The third-order valence-corrected chi connectivity index (χ3v) is 7.30. The molecular formula is C27H18FN3O3S. The molecule has 0 saturated carbocycles. The first-order valence-corrected chi connectivity index (χ1v) is 12.0. The molecule has 1 aliphatic rings. The standard InChI is InChI=1S/C27H18FN3O3S/c28-25-9-11-26(12-10-25)35(33,34)31-17-23(13-19-1-5-21(15-29)6-2-19)27(32)24(18-31)14-20-3-7-22(16-30)8-4-20/h1-14H,17-18H2/b23-13+,24-14+. The van der Waals surface area contributed by atoms with Gasteiger partial charge in [0, 0.05) is 24.2 Å². The second-order valence-corrected chi connectivity index (χ2v) is 9.80. The topological polar surface area (TPSA) is 102 Å². The first-order chi connectivity index (χ1) is 16.8. The van der Waals surface area contributed by atoms with Crippen LogP contribution in [0.25, 0.3) is 12.2 Å². The molecule has 1 fully saturated rings. The third-order valence-electron chi connectivity index (χ3n) is 5.49. The number of carbonyl (C=O) groups excluding carboxylic acids is 1. The second-order valence-electron chi connectivity index (χ2n) is 7.86. The van der Waals surface area contributed by atoms with Crippen LogP contribution in [0, 0.1) is 28.5 Å². The minimum absolute atomic E-state index is 0.0799. The van der Waals surface area contributed by atoms with Crippen LogP contribution in [0.3, 0.4) is 0 Å². The second kappa shape index (κ2) is 9.86. The van der Waals surface area contributed by atoms with E-state index in [-0.39, 0.29) is 34.9 Å². The number of hydrogen-bond donors (Lipinski definition) is 0. The molecule has 3 aromatic carbocycles. The molecule has 0 bridgehead atoms. The van der Waals surface area contributed by atoms with E-state index in [1.54, 1.807) is 60.7 Å². The lowest BCUT2D eigenvalue weighted by molar-refractivity contribution is -0.113. The predicted octanol–water partition coefficient (Wildman–Crippen LogP) is 4.31. The van der Waals surface area contributed by atoms with Crippen LogP contribution in [0.5, 0.6) is 0 Å². The molecule has 172 valence electrons. The van der Waals surface area contributed by atoms with Crippen LogP contribution < -0.4 is 0 Å². The number of Topliss-reactive ketones (excluding diaryl/α,β-unsaturated/α-hetero) is 1. The average molecular weight is 484 g/mol. The van der Waals surface area contributed by atoms with Gasteiger partial charge in [-0.2, -0.15) is 14.8 Å². The highest BCUT2D eigenvalue weighted by Gasteiger charge is 2.34. The van der Waals surface area contributed by atoms with Crippen LogP contribution in [0.2, 0.25) is 0 Å². The molecule has 6 nitrogen and oxygen atoms in total. The largest absolute Gasteiger partial charge is 0.289 e. The Morgan fingerprint density at radius 2 is 1.17 bits per heavy atom. The summed E-state index contributed by atoms with van der Waals surface area (Å²) in [5, 5.41) is 18.0. The number of nitrogens with zero attached hydrogens (tertiary/aromatic N) is 3. The molecule has 0 aromatic heterocycles. The number of benzene rings is 3. The summed E-state index contributed by atoms with van der Waals surface area (Å²) in [7, 11) is -4.03. The van der Waals surface area contributed by atoms with E-state index < -0.39 is 15.8 Å². The SMILES string of the molecule is N#Cc1ccc(/C=C2\CN(S(=O)(=O)c3ccc(F)cc3)C/C(=C\c3ccc(C#N)cc3)C2=O)cc1. The van der Waals surface area contributed by atoms with E-state index in [0.29, 0.717) is 22.3 Å². The Hall–Kier alpha value is -4.37. The number of sulfonamides is 1. The highest BCUT2D eigenvalue weighted by Crippen LogP contribution is 2.27. The van der Waals surface area contributed by atoms with Crippen molar-refractivity contribution in [1.82, 2.24) is 4.31 Å². The summed E-state index contributed by atoms with van der Waals surface area (Å²) in [6.45, 7) is -0.327. The van der Waals surface area contributed by atoms with Crippen LogP contribution in [0.1, 0.15) is 22.3 Å². The van der Waals surface area contributed by atoms with Gasteiger partial charge < -0.3 is 0 Å². The lowest BCUT2D eigenvalue weighted by Crippen LogP contribution is -2.41. The van der Waals surface area contributed by atoms with Gasteiger partial charge >= 0.3 is 0 Å². The van der Waals surface area contributed by atoms with Gasteiger partial charge in [-0.3, -0.25) is 4.79 Å². The molecule has 0 N–H and O–H groups in total. The minimum Gasteiger partial charge on any atom is -0.289 e. The molecule has 0 spiro atoms. The van der Waals surface area contributed by atoms with Crippen molar-refractivity contribution >= 4 is 28.0 Å². The summed E-state index contributed by atoms with van der Waals surface area (Å²) in [6, 6.07) is 21.7. The fraction of sp³-hybridized carbons (Fsp3) is 0.0741. The Morgan fingerprint density at radius 1 is 0.743 bits per heavy atom. The van der Waals surface area contributed by atoms with Crippen LogP contribution >= 0.6 is 0 Å². The normalized spacial score (nSPS) is 16.7. The lowest BCUT2D eigenvalue weighted by atomic mass is 9.95. The van der Waals surface area contributed by atoms with Crippen molar-refractivity contribution in [1.29, 1.82) is 10.5 Å². The molecule has 0 radical (unpaired) electrons. The predicted molar refractivity (Wildman–Crippen MR) is 128 cm³/mol. The first-order valence-electron chi connectivity index (χ1n) is 10.5. The van der Waals surface area contributed by atoms with Gasteiger partial charge in [-0.1, -0.05) is 24.3 Å². The van der Waals surface area contributed by atoms with E-state index in [9.17, 15) is 17.6 Å². The Kier molecular flexibility index (Phi) is 6.70. The minimum atomic E-state index is -4.03. The summed E-state index contributed by atoms with van der Waals surface area (Å²) in [5.41, 5.74) is 2.73. The number of halogens is 1. The lowest BCUT2D eigenvalue weighted by Gasteiger charge is -2.29.